The second-order valence-corrected chi connectivity index (χ2v) is 4.14. The molecule has 0 radical (unpaired) electrons. The highest BCUT2D eigenvalue weighted by Gasteiger charge is 2.11. The lowest BCUT2D eigenvalue weighted by Gasteiger charge is -2.07. The molecule has 0 atom stereocenters. The Morgan fingerprint density at radius 1 is 1.26 bits per heavy atom. The standard InChI is InChI=1S/C15H12N2O2/c1-19-12-6-5-11(10-18)13(8-12)14-9-16-15-4-2-3-7-17(14)15/h2-10H,1H3. The fourth-order valence-electron chi connectivity index (χ4n) is 2.12. The molecule has 0 saturated carbocycles. The Hall–Kier alpha value is -2.62. The van der Waals surface area contributed by atoms with E-state index < -0.39 is 0 Å². The number of ether oxygens (including phenoxy) is 1. The molecule has 19 heavy (non-hydrogen) atoms. The first kappa shape index (κ1) is 11.5. The smallest absolute Gasteiger partial charge is 0.150 e. The van der Waals surface area contributed by atoms with Crippen molar-refractivity contribution in [1.29, 1.82) is 0 Å². The minimum Gasteiger partial charge on any atom is -0.497 e. The summed E-state index contributed by atoms with van der Waals surface area (Å²) in [6.07, 6.45) is 4.53. The van der Waals surface area contributed by atoms with Crippen LogP contribution in [-0.4, -0.2) is 22.8 Å². The van der Waals surface area contributed by atoms with E-state index in [0.717, 1.165) is 23.2 Å². The number of imidazole rings is 1. The molecule has 0 amide bonds. The second-order valence-electron chi connectivity index (χ2n) is 4.14. The van der Waals surface area contributed by atoms with Crippen molar-refractivity contribution >= 4 is 11.9 Å². The van der Waals surface area contributed by atoms with Gasteiger partial charge in [0.05, 0.1) is 19.0 Å². The van der Waals surface area contributed by atoms with Crippen LogP contribution >= 0.6 is 0 Å². The summed E-state index contributed by atoms with van der Waals surface area (Å²) in [5.74, 6) is 0.714. The number of pyridine rings is 1. The van der Waals surface area contributed by atoms with Crippen molar-refractivity contribution in [3.05, 3.63) is 54.4 Å². The van der Waals surface area contributed by atoms with Gasteiger partial charge >= 0.3 is 0 Å². The van der Waals surface area contributed by atoms with Crippen molar-refractivity contribution in [2.75, 3.05) is 7.11 Å². The summed E-state index contributed by atoms with van der Waals surface area (Å²) in [5.41, 5.74) is 3.15. The summed E-state index contributed by atoms with van der Waals surface area (Å²) in [7, 11) is 1.61. The Balaban J connectivity index is 2.28. The molecule has 0 saturated heterocycles. The molecule has 0 bridgehead atoms. The predicted octanol–water partition coefficient (Wildman–Crippen LogP) is 2.82. The summed E-state index contributed by atoms with van der Waals surface area (Å²) in [4.78, 5) is 15.5. The Morgan fingerprint density at radius 3 is 2.95 bits per heavy atom. The van der Waals surface area contributed by atoms with E-state index in [4.69, 9.17) is 4.74 Å². The van der Waals surface area contributed by atoms with Gasteiger partial charge in [0.15, 0.2) is 6.29 Å². The third-order valence-corrected chi connectivity index (χ3v) is 3.08. The van der Waals surface area contributed by atoms with E-state index in [1.165, 1.54) is 0 Å². The van der Waals surface area contributed by atoms with Gasteiger partial charge in [-0.3, -0.25) is 9.20 Å². The molecule has 4 heteroatoms. The third-order valence-electron chi connectivity index (χ3n) is 3.08. The van der Waals surface area contributed by atoms with Gasteiger partial charge in [-0.2, -0.15) is 0 Å². The maximum atomic E-state index is 11.2. The molecule has 1 aromatic carbocycles. The van der Waals surface area contributed by atoms with E-state index >= 15 is 0 Å². The van der Waals surface area contributed by atoms with E-state index in [2.05, 4.69) is 4.98 Å². The zero-order chi connectivity index (χ0) is 13.2. The molecule has 0 fully saturated rings. The lowest BCUT2D eigenvalue weighted by atomic mass is 10.1. The highest BCUT2D eigenvalue weighted by atomic mass is 16.5. The summed E-state index contributed by atoms with van der Waals surface area (Å²) < 4.78 is 7.17. The molecule has 3 aromatic rings. The van der Waals surface area contributed by atoms with E-state index in [-0.39, 0.29) is 0 Å². The van der Waals surface area contributed by atoms with Crippen LogP contribution in [0.3, 0.4) is 0 Å². The van der Waals surface area contributed by atoms with E-state index in [1.54, 1.807) is 25.4 Å². The highest BCUT2D eigenvalue weighted by Crippen LogP contribution is 2.27. The number of rotatable bonds is 3. The van der Waals surface area contributed by atoms with Crippen LogP contribution in [0, 0.1) is 0 Å². The molecule has 94 valence electrons. The Morgan fingerprint density at radius 2 is 2.16 bits per heavy atom. The number of fused-ring (bicyclic) bond motifs is 1. The van der Waals surface area contributed by atoms with E-state index in [0.29, 0.717) is 11.3 Å². The monoisotopic (exact) mass is 252 g/mol. The largest absolute Gasteiger partial charge is 0.497 e. The molecular formula is C15H12N2O2. The number of aldehydes is 1. The van der Waals surface area contributed by atoms with Gasteiger partial charge in [0.2, 0.25) is 0 Å². The first-order valence-corrected chi connectivity index (χ1v) is 5.89. The summed E-state index contributed by atoms with van der Waals surface area (Å²) in [6.45, 7) is 0. The number of hydrogen-bond donors (Lipinski definition) is 0. The minimum atomic E-state index is 0.617. The van der Waals surface area contributed by atoms with Crippen LogP contribution in [0.5, 0.6) is 5.75 Å². The first-order chi connectivity index (χ1) is 9.33. The maximum absolute atomic E-state index is 11.2. The first-order valence-electron chi connectivity index (χ1n) is 5.89. The molecule has 3 rings (SSSR count). The van der Waals surface area contributed by atoms with Gasteiger partial charge < -0.3 is 4.74 Å². The number of benzene rings is 1. The molecule has 4 nitrogen and oxygen atoms in total. The lowest BCUT2D eigenvalue weighted by molar-refractivity contribution is 0.112. The van der Waals surface area contributed by atoms with Gasteiger partial charge in [-0.25, -0.2) is 4.98 Å². The lowest BCUT2D eigenvalue weighted by Crippen LogP contribution is -1.93. The average Bonchev–Trinajstić information content (AvgIpc) is 2.90. The van der Waals surface area contributed by atoms with Gasteiger partial charge in [0.1, 0.15) is 11.4 Å². The van der Waals surface area contributed by atoms with Gasteiger partial charge in [0, 0.05) is 17.3 Å². The molecule has 0 aliphatic carbocycles. The van der Waals surface area contributed by atoms with Gasteiger partial charge in [-0.15, -0.1) is 0 Å². The topological polar surface area (TPSA) is 43.6 Å². The minimum absolute atomic E-state index is 0.617. The van der Waals surface area contributed by atoms with Crippen molar-refractivity contribution in [3.8, 4) is 17.0 Å². The van der Waals surface area contributed by atoms with E-state index in [1.807, 2.05) is 34.9 Å². The van der Waals surface area contributed by atoms with Crippen LogP contribution in [0.25, 0.3) is 16.9 Å². The molecule has 0 unspecified atom stereocenters. The van der Waals surface area contributed by atoms with Crippen LogP contribution in [0.2, 0.25) is 0 Å². The Kier molecular flexibility index (Phi) is 2.76. The quantitative estimate of drug-likeness (QED) is 0.673. The molecule has 0 spiro atoms. The van der Waals surface area contributed by atoms with Crippen molar-refractivity contribution in [1.82, 2.24) is 9.38 Å². The highest BCUT2D eigenvalue weighted by molar-refractivity contribution is 5.87. The number of hydrogen-bond acceptors (Lipinski definition) is 3. The van der Waals surface area contributed by atoms with Crippen molar-refractivity contribution < 1.29 is 9.53 Å². The summed E-state index contributed by atoms with van der Waals surface area (Å²) >= 11 is 0. The van der Waals surface area contributed by atoms with E-state index in [9.17, 15) is 4.79 Å². The fourth-order valence-corrected chi connectivity index (χ4v) is 2.12. The number of methoxy groups -OCH3 is 1. The zero-order valence-corrected chi connectivity index (χ0v) is 10.4. The SMILES string of the molecule is COc1ccc(C=O)c(-c2cnc3ccccn23)c1. The molecule has 2 aromatic heterocycles. The average molecular weight is 252 g/mol. The Labute approximate surface area is 110 Å². The number of carbonyl (C=O) groups is 1. The van der Waals surface area contributed by atoms with Crippen LogP contribution in [0.1, 0.15) is 10.4 Å². The van der Waals surface area contributed by atoms with Gasteiger partial charge in [0.25, 0.3) is 0 Å². The molecule has 0 aliphatic heterocycles. The molecule has 0 N–H and O–H groups in total. The third kappa shape index (κ3) is 1.87. The maximum Gasteiger partial charge on any atom is 0.150 e. The second kappa shape index (κ2) is 4.57. The Bertz CT molecular complexity index is 747. The van der Waals surface area contributed by atoms with Crippen molar-refractivity contribution in [2.45, 2.75) is 0 Å². The number of carbonyl (C=O) groups excluding carboxylic acids is 1. The van der Waals surface area contributed by atoms with Crippen LogP contribution in [0.4, 0.5) is 0 Å². The van der Waals surface area contributed by atoms with Crippen LogP contribution < -0.4 is 4.74 Å². The summed E-state index contributed by atoms with van der Waals surface area (Å²) in [6, 6.07) is 11.2. The number of aromatic nitrogens is 2. The summed E-state index contributed by atoms with van der Waals surface area (Å²) in [5, 5.41) is 0. The zero-order valence-electron chi connectivity index (χ0n) is 10.4. The van der Waals surface area contributed by atoms with Crippen molar-refractivity contribution in [3.63, 3.8) is 0 Å². The predicted molar refractivity (Wildman–Crippen MR) is 72.6 cm³/mol. The molecule has 2 heterocycles. The molecular weight excluding hydrogens is 240 g/mol. The van der Waals surface area contributed by atoms with Crippen molar-refractivity contribution in [2.24, 2.45) is 0 Å². The fraction of sp³-hybridized carbons (Fsp3) is 0.0667. The van der Waals surface area contributed by atoms with Gasteiger partial charge in [-0.1, -0.05) is 6.07 Å². The van der Waals surface area contributed by atoms with Crippen LogP contribution in [-0.2, 0) is 0 Å². The normalized spacial score (nSPS) is 10.6. The van der Waals surface area contributed by atoms with Crippen LogP contribution in [0.15, 0.2) is 48.8 Å². The molecule has 0 aliphatic rings. The van der Waals surface area contributed by atoms with Gasteiger partial charge in [-0.05, 0) is 30.3 Å². The number of nitrogens with zero attached hydrogens (tertiary/aromatic N) is 2.